The van der Waals surface area contributed by atoms with Crippen molar-refractivity contribution in [3.63, 3.8) is 0 Å². The number of aromatic nitrogens is 1. The van der Waals surface area contributed by atoms with Gasteiger partial charge in [0, 0.05) is 11.3 Å². The lowest BCUT2D eigenvalue weighted by Crippen LogP contribution is -2.05. The lowest BCUT2D eigenvalue weighted by Gasteiger charge is -2.12. The molecule has 0 saturated heterocycles. The fraction of sp³-hybridized carbons (Fsp3) is 0.158. The van der Waals surface area contributed by atoms with E-state index >= 15 is 0 Å². The topological polar surface area (TPSA) is 79.4 Å². The largest absolute Gasteiger partial charge is 0.505 e. The van der Waals surface area contributed by atoms with Gasteiger partial charge in [0.15, 0.2) is 11.5 Å². The van der Waals surface area contributed by atoms with E-state index in [1.807, 2.05) is 24.3 Å². The number of benzene rings is 1. The van der Waals surface area contributed by atoms with E-state index in [1.165, 1.54) is 6.08 Å². The third-order valence-corrected chi connectivity index (χ3v) is 3.89. The maximum absolute atomic E-state index is 12.3. The highest BCUT2D eigenvalue weighted by Gasteiger charge is 2.23. The Morgan fingerprint density at radius 3 is 2.79 bits per heavy atom. The Kier molecular flexibility index (Phi) is 4.08. The zero-order valence-corrected chi connectivity index (χ0v) is 13.4. The lowest BCUT2D eigenvalue weighted by atomic mass is 9.91. The number of hydrogen-bond donors (Lipinski definition) is 2. The maximum Gasteiger partial charge on any atom is 0.343 e. The molecule has 0 radical (unpaired) electrons. The maximum atomic E-state index is 12.3. The third kappa shape index (κ3) is 2.65. The Hall–Kier alpha value is -3.08. The molecule has 2 N–H and O–H groups in total. The molecule has 5 nitrogen and oxygen atoms in total. The molecule has 1 aliphatic rings. The van der Waals surface area contributed by atoms with E-state index in [4.69, 9.17) is 4.74 Å². The number of aromatic amines is 1. The summed E-state index contributed by atoms with van der Waals surface area (Å²) < 4.78 is 4.95. The predicted molar refractivity (Wildman–Crippen MR) is 91.5 cm³/mol. The van der Waals surface area contributed by atoms with Crippen LogP contribution in [-0.2, 0) is 9.53 Å². The number of nitrogens with one attached hydrogen (secondary N) is 1. The van der Waals surface area contributed by atoms with Gasteiger partial charge in [-0.15, -0.1) is 0 Å². The number of aryl methyl sites for hydroxylation is 1. The zero-order chi connectivity index (χ0) is 17.3. The molecule has 3 rings (SSSR count). The second kappa shape index (κ2) is 6.20. The van der Waals surface area contributed by atoms with Crippen molar-refractivity contribution >= 4 is 29.5 Å². The van der Waals surface area contributed by atoms with Crippen molar-refractivity contribution in [2.75, 3.05) is 6.61 Å². The Balaban J connectivity index is 2.09. The standard InChI is InChI=1S/C19H17NO4/c1-3-24-19(23)17-11(2)20-15(18(17)22)10-14-13-7-5-4-6-12(13)8-9-16(14)21/h4-10,20,22H,3H2,1-2H3. The van der Waals surface area contributed by atoms with Gasteiger partial charge >= 0.3 is 5.97 Å². The lowest BCUT2D eigenvalue weighted by molar-refractivity contribution is -0.109. The second-order valence-electron chi connectivity index (χ2n) is 5.45. The summed E-state index contributed by atoms with van der Waals surface area (Å²) in [4.78, 5) is 27.2. The Bertz CT molecular complexity index is 887. The molecule has 0 fully saturated rings. The van der Waals surface area contributed by atoms with Crippen molar-refractivity contribution in [3.05, 3.63) is 58.4 Å². The van der Waals surface area contributed by atoms with Gasteiger partial charge in [-0.1, -0.05) is 30.3 Å². The van der Waals surface area contributed by atoms with Crippen LogP contribution in [-0.4, -0.2) is 28.4 Å². The molecule has 1 aliphatic carbocycles. The van der Waals surface area contributed by atoms with Crippen molar-refractivity contribution in [1.29, 1.82) is 0 Å². The molecular weight excluding hydrogens is 306 g/mol. The zero-order valence-electron chi connectivity index (χ0n) is 13.4. The highest BCUT2D eigenvalue weighted by Crippen LogP contribution is 2.33. The molecule has 2 aromatic rings. The number of ketones is 1. The number of hydrogen-bond acceptors (Lipinski definition) is 4. The first-order valence-corrected chi connectivity index (χ1v) is 7.65. The molecule has 0 spiro atoms. The molecule has 1 aromatic carbocycles. The molecule has 0 bridgehead atoms. The van der Waals surface area contributed by atoms with Crippen LogP contribution in [0, 0.1) is 6.92 Å². The van der Waals surface area contributed by atoms with E-state index in [0.717, 1.165) is 11.1 Å². The van der Waals surface area contributed by atoms with Crippen LogP contribution in [0.2, 0.25) is 0 Å². The smallest absolute Gasteiger partial charge is 0.343 e. The van der Waals surface area contributed by atoms with E-state index in [0.29, 0.717) is 17.0 Å². The van der Waals surface area contributed by atoms with E-state index in [-0.39, 0.29) is 23.7 Å². The van der Waals surface area contributed by atoms with Crippen molar-refractivity contribution in [3.8, 4) is 5.75 Å². The summed E-state index contributed by atoms with van der Waals surface area (Å²) in [5, 5.41) is 10.4. The summed E-state index contributed by atoms with van der Waals surface area (Å²) in [6, 6.07) is 7.51. The molecule has 0 saturated carbocycles. The first kappa shape index (κ1) is 15.8. The second-order valence-corrected chi connectivity index (χ2v) is 5.45. The molecule has 122 valence electrons. The van der Waals surface area contributed by atoms with Gasteiger partial charge in [-0.25, -0.2) is 4.79 Å². The predicted octanol–water partition coefficient (Wildman–Crippen LogP) is 3.34. The molecule has 5 heteroatoms. The van der Waals surface area contributed by atoms with E-state index in [9.17, 15) is 14.7 Å². The minimum atomic E-state index is -0.594. The van der Waals surface area contributed by atoms with Crippen LogP contribution in [0.3, 0.4) is 0 Å². The Labute approximate surface area is 139 Å². The third-order valence-electron chi connectivity index (χ3n) is 3.89. The van der Waals surface area contributed by atoms with Crippen LogP contribution in [0.25, 0.3) is 17.7 Å². The fourth-order valence-electron chi connectivity index (χ4n) is 2.76. The van der Waals surface area contributed by atoms with Crippen molar-refractivity contribution in [1.82, 2.24) is 4.98 Å². The SMILES string of the molecule is CCOC(=O)c1c(C)[nH]c(C=C2C(=O)C=Cc3ccccc32)c1O. The van der Waals surface area contributed by atoms with Crippen LogP contribution >= 0.6 is 0 Å². The van der Waals surface area contributed by atoms with Gasteiger partial charge in [-0.05, 0) is 37.1 Å². The minimum Gasteiger partial charge on any atom is -0.505 e. The van der Waals surface area contributed by atoms with Crippen LogP contribution < -0.4 is 0 Å². The number of fused-ring (bicyclic) bond motifs is 1. The number of carbonyl (C=O) groups is 2. The summed E-state index contributed by atoms with van der Waals surface area (Å²) in [6.07, 6.45) is 4.82. The number of esters is 1. The van der Waals surface area contributed by atoms with Crippen LogP contribution in [0.4, 0.5) is 0 Å². The molecule has 1 aromatic heterocycles. The number of carbonyl (C=O) groups excluding carboxylic acids is 2. The summed E-state index contributed by atoms with van der Waals surface area (Å²) in [6.45, 7) is 3.59. The highest BCUT2D eigenvalue weighted by molar-refractivity contribution is 6.33. The summed E-state index contributed by atoms with van der Waals surface area (Å²) in [5.41, 5.74) is 3.07. The van der Waals surface area contributed by atoms with Gasteiger partial charge in [0.1, 0.15) is 5.56 Å². The summed E-state index contributed by atoms with van der Waals surface area (Å²) in [5.74, 6) is -0.958. The summed E-state index contributed by atoms with van der Waals surface area (Å²) >= 11 is 0. The van der Waals surface area contributed by atoms with Gasteiger partial charge in [-0.2, -0.15) is 0 Å². The van der Waals surface area contributed by atoms with Crippen molar-refractivity contribution in [2.24, 2.45) is 0 Å². The number of rotatable bonds is 3. The molecule has 0 atom stereocenters. The number of ether oxygens (including phenoxy) is 1. The van der Waals surface area contributed by atoms with Crippen LogP contribution in [0.15, 0.2) is 30.3 Å². The van der Waals surface area contributed by atoms with Crippen molar-refractivity contribution < 1.29 is 19.4 Å². The number of allylic oxidation sites excluding steroid dienone is 2. The number of aromatic hydroxyl groups is 1. The van der Waals surface area contributed by atoms with Crippen LogP contribution in [0.5, 0.6) is 5.75 Å². The number of H-pyrrole nitrogens is 1. The van der Waals surface area contributed by atoms with Gasteiger partial charge in [0.25, 0.3) is 0 Å². The quantitative estimate of drug-likeness (QED) is 0.670. The first-order chi connectivity index (χ1) is 11.5. The molecule has 1 heterocycles. The molecule has 0 aliphatic heterocycles. The minimum absolute atomic E-state index is 0.0933. The molecule has 0 unspecified atom stereocenters. The monoisotopic (exact) mass is 323 g/mol. The van der Waals surface area contributed by atoms with E-state index in [2.05, 4.69) is 4.98 Å². The van der Waals surface area contributed by atoms with E-state index in [1.54, 1.807) is 26.0 Å². The highest BCUT2D eigenvalue weighted by atomic mass is 16.5. The molecular formula is C19H17NO4. The average Bonchev–Trinajstić information content (AvgIpc) is 2.84. The molecule has 24 heavy (non-hydrogen) atoms. The Morgan fingerprint density at radius 2 is 2.04 bits per heavy atom. The first-order valence-electron chi connectivity index (χ1n) is 7.65. The Morgan fingerprint density at radius 1 is 1.29 bits per heavy atom. The normalized spacial score (nSPS) is 14.8. The summed E-state index contributed by atoms with van der Waals surface area (Å²) in [7, 11) is 0. The van der Waals surface area contributed by atoms with Gasteiger partial charge in [-0.3, -0.25) is 4.79 Å². The van der Waals surface area contributed by atoms with E-state index < -0.39 is 5.97 Å². The van der Waals surface area contributed by atoms with Gasteiger partial charge in [0.05, 0.1) is 12.3 Å². The van der Waals surface area contributed by atoms with Crippen LogP contribution in [0.1, 0.15) is 39.8 Å². The molecule has 0 amide bonds. The van der Waals surface area contributed by atoms with Gasteiger partial charge < -0.3 is 14.8 Å². The van der Waals surface area contributed by atoms with Gasteiger partial charge in [0.2, 0.25) is 0 Å². The van der Waals surface area contributed by atoms with Crippen molar-refractivity contribution in [2.45, 2.75) is 13.8 Å². The average molecular weight is 323 g/mol. The fourth-order valence-corrected chi connectivity index (χ4v) is 2.76.